The monoisotopic (exact) mass is 1040 g/mol. The molecule has 0 aliphatic carbocycles. The van der Waals surface area contributed by atoms with Crippen LogP contribution in [0.15, 0.2) is 127 Å². The van der Waals surface area contributed by atoms with Crippen molar-refractivity contribution in [2.75, 3.05) is 0 Å². The van der Waals surface area contributed by atoms with Crippen molar-refractivity contribution in [2.24, 2.45) is 0 Å². The molecule has 0 spiro atoms. The van der Waals surface area contributed by atoms with Gasteiger partial charge in [0.15, 0.2) is 11.5 Å². The number of aromatic hydroxyl groups is 5. The molecular weight excluding hydrogens is 955 g/mol. The SMILES string of the molecule is CCC(C)(C)c1ccc(C(O)(C(F)(F)F)C(F)(F)F)cc1.CCC(C)(C)c1ccc(O)c(O)c1.CCC(C)(C)c1ccc(O)cc1.CCC(C)(C)c1ccc2cc(O)ccc2c1.CCC(C)(C)c1cccc(O)c1. The number of fused-ring (bicyclic) bond motifs is 1. The lowest BCUT2D eigenvalue weighted by atomic mass is 9.81. The van der Waals surface area contributed by atoms with Gasteiger partial charge in [0.1, 0.15) is 17.2 Å². The maximum absolute atomic E-state index is 12.7. The Kier molecular flexibility index (Phi) is 22.2. The number of aliphatic hydroxyl groups is 1. The summed E-state index contributed by atoms with van der Waals surface area (Å²) in [5.74, 6) is 0.921. The van der Waals surface area contributed by atoms with Crippen molar-refractivity contribution in [1.82, 2.24) is 0 Å². The summed E-state index contributed by atoms with van der Waals surface area (Å²) in [6, 6.07) is 35.6. The predicted octanol–water partition coefficient (Wildman–Crippen LogP) is 17.9. The van der Waals surface area contributed by atoms with Crippen LogP contribution >= 0.6 is 0 Å². The molecule has 0 aromatic heterocycles. The third-order valence-electron chi connectivity index (χ3n) is 15.0. The van der Waals surface area contributed by atoms with E-state index in [1.54, 1.807) is 36.4 Å². The Hall–Kier alpha value is -5.88. The van der Waals surface area contributed by atoms with E-state index in [0.29, 0.717) is 41.4 Å². The van der Waals surface area contributed by atoms with E-state index in [2.05, 4.69) is 107 Å². The van der Waals surface area contributed by atoms with E-state index in [9.17, 15) is 46.8 Å². The van der Waals surface area contributed by atoms with Gasteiger partial charge in [0, 0.05) is 5.56 Å². The van der Waals surface area contributed by atoms with E-state index >= 15 is 0 Å². The third-order valence-corrected chi connectivity index (χ3v) is 15.0. The molecule has 0 atom stereocenters. The van der Waals surface area contributed by atoms with Gasteiger partial charge in [-0.3, -0.25) is 0 Å². The van der Waals surface area contributed by atoms with Crippen LogP contribution in [0, 0.1) is 0 Å². The van der Waals surface area contributed by atoms with E-state index in [-0.39, 0.29) is 38.6 Å². The molecule has 0 unspecified atom stereocenters. The molecule has 0 fully saturated rings. The summed E-state index contributed by atoms with van der Waals surface area (Å²) < 4.78 is 76.3. The molecule has 6 N–H and O–H groups in total. The first-order valence-electron chi connectivity index (χ1n) is 25.2. The molecule has 0 heterocycles. The number of hydrogen-bond acceptors (Lipinski definition) is 6. The van der Waals surface area contributed by atoms with Crippen LogP contribution in [0.5, 0.6) is 28.7 Å². The van der Waals surface area contributed by atoms with Crippen LogP contribution in [-0.4, -0.2) is 43.0 Å². The van der Waals surface area contributed by atoms with Gasteiger partial charge in [-0.15, -0.1) is 0 Å². The highest BCUT2D eigenvalue weighted by Gasteiger charge is 2.71. The van der Waals surface area contributed by atoms with Crippen molar-refractivity contribution in [2.45, 2.75) is 181 Å². The number of benzene rings is 6. The summed E-state index contributed by atoms with van der Waals surface area (Å²) in [6.45, 7) is 31.7. The van der Waals surface area contributed by atoms with Gasteiger partial charge in [0.05, 0.1) is 0 Å². The molecule has 408 valence electrons. The highest BCUT2D eigenvalue weighted by molar-refractivity contribution is 5.84. The third kappa shape index (κ3) is 17.1. The standard InChI is InChI=1S/C15H18O.C14H16F6O.C11H16O2.2C11H16O/c1-4-15(2,3)13-7-5-12-10-14(16)8-6-11(12)9-13;1-4-11(2,3)9-5-7-10(8-6-9)12(21,13(15,16)17)14(18,19)20;1-4-11(2,3)8-5-6-9(12)10(13)7-8;1-4-11(2,3)9-5-7-10(12)8-6-9;1-4-11(2,3)9-6-5-7-10(12)8-9/h5-10,16H,4H2,1-3H3;5-8,21H,4H2,1-3H3;5-7,12-13H,4H2,1-3H3;2*5-8,12H,4H2,1-3H3. The van der Waals surface area contributed by atoms with E-state index in [1.807, 2.05) is 57.2 Å². The Balaban J connectivity index is 0.000000322. The fraction of sp³-hybridized carbons (Fsp3) is 0.452. The summed E-state index contributed by atoms with van der Waals surface area (Å²) in [4.78, 5) is 0. The van der Waals surface area contributed by atoms with Crippen molar-refractivity contribution in [3.63, 3.8) is 0 Å². The van der Waals surface area contributed by atoms with Crippen molar-refractivity contribution >= 4 is 10.8 Å². The van der Waals surface area contributed by atoms with Crippen LogP contribution < -0.4 is 0 Å². The molecule has 6 rings (SSSR count). The molecule has 0 amide bonds. The second-order valence-corrected chi connectivity index (χ2v) is 22.0. The molecule has 74 heavy (non-hydrogen) atoms. The van der Waals surface area contributed by atoms with Crippen molar-refractivity contribution in [3.05, 3.63) is 161 Å². The molecule has 6 nitrogen and oxygen atoms in total. The Bertz CT molecular complexity index is 2650. The minimum absolute atomic E-state index is 0.0426. The maximum atomic E-state index is 12.7. The summed E-state index contributed by atoms with van der Waals surface area (Å²) in [5, 5.41) is 57.8. The van der Waals surface area contributed by atoms with Crippen LogP contribution in [0.2, 0.25) is 0 Å². The normalized spacial score (nSPS) is 12.5. The maximum Gasteiger partial charge on any atom is 0.430 e. The Morgan fingerprint density at radius 3 is 1.03 bits per heavy atom. The first kappa shape index (κ1) is 64.2. The van der Waals surface area contributed by atoms with Crippen LogP contribution in [0.1, 0.15) is 169 Å². The van der Waals surface area contributed by atoms with E-state index in [4.69, 9.17) is 10.2 Å². The summed E-state index contributed by atoms with van der Waals surface area (Å²) in [5.41, 5.74) is -0.365. The quantitative estimate of drug-likeness (QED) is 0.0568. The van der Waals surface area contributed by atoms with Crippen LogP contribution in [0.25, 0.3) is 10.8 Å². The lowest BCUT2D eigenvalue weighted by Gasteiger charge is -2.33. The average molecular weight is 1040 g/mol. The number of phenolic OH excluding ortho intramolecular Hbond substituents is 5. The molecule has 12 heteroatoms. The zero-order valence-corrected chi connectivity index (χ0v) is 46.1. The van der Waals surface area contributed by atoms with E-state index < -0.39 is 23.5 Å². The van der Waals surface area contributed by atoms with Crippen molar-refractivity contribution in [3.8, 4) is 28.7 Å². The first-order chi connectivity index (χ1) is 33.9. The Morgan fingerprint density at radius 1 is 0.311 bits per heavy atom. The summed E-state index contributed by atoms with van der Waals surface area (Å²) in [6.07, 6.45) is -6.74. The zero-order chi connectivity index (χ0) is 56.9. The van der Waals surface area contributed by atoms with Gasteiger partial charge >= 0.3 is 12.4 Å². The molecule has 0 bridgehead atoms. The number of phenols is 5. The van der Waals surface area contributed by atoms with Crippen LogP contribution in [0.3, 0.4) is 0 Å². The number of halogens is 6. The second kappa shape index (κ2) is 25.6. The fourth-order valence-corrected chi connectivity index (χ4v) is 7.11. The molecule has 6 aromatic rings. The lowest BCUT2D eigenvalue weighted by Crippen LogP contribution is -2.53. The summed E-state index contributed by atoms with van der Waals surface area (Å²) in [7, 11) is 0. The number of hydrogen-bond donors (Lipinski definition) is 6. The number of rotatable bonds is 11. The second-order valence-electron chi connectivity index (χ2n) is 22.0. The Labute approximate surface area is 436 Å². The van der Waals surface area contributed by atoms with Gasteiger partial charge in [-0.05, 0) is 146 Å². The molecule has 0 aliphatic heterocycles. The average Bonchev–Trinajstić information content (AvgIpc) is 3.34. The smallest absolute Gasteiger partial charge is 0.430 e. The highest BCUT2D eigenvalue weighted by Crippen LogP contribution is 2.50. The van der Waals surface area contributed by atoms with Crippen molar-refractivity contribution in [1.29, 1.82) is 0 Å². The Morgan fingerprint density at radius 2 is 0.622 bits per heavy atom. The van der Waals surface area contributed by atoms with Gasteiger partial charge in [-0.2, -0.15) is 26.3 Å². The number of alkyl halides is 6. The highest BCUT2D eigenvalue weighted by atomic mass is 19.4. The van der Waals surface area contributed by atoms with Gasteiger partial charge in [0.2, 0.25) is 0 Å². The lowest BCUT2D eigenvalue weighted by molar-refractivity contribution is -0.376. The molecular formula is C62H82F6O6. The van der Waals surface area contributed by atoms with Crippen LogP contribution in [-0.2, 0) is 32.7 Å². The first-order valence-corrected chi connectivity index (χ1v) is 25.2. The van der Waals surface area contributed by atoms with Crippen molar-refractivity contribution < 1.29 is 57.0 Å². The molecule has 6 aromatic carbocycles. The van der Waals surface area contributed by atoms with Crippen LogP contribution in [0.4, 0.5) is 26.3 Å². The largest absolute Gasteiger partial charge is 0.508 e. The minimum atomic E-state index is -5.85. The van der Waals surface area contributed by atoms with Gasteiger partial charge in [-0.1, -0.05) is 183 Å². The summed E-state index contributed by atoms with van der Waals surface area (Å²) >= 11 is 0. The topological polar surface area (TPSA) is 121 Å². The molecule has 0 saturated heterocycles. The minimum Gasteiger partial charge on any atom is -0.508 e. The van der Waals surface area contributed by atoms with Gasteiger partial charge in [0.25, 0.3) is 5.60 Å². The van der Waals surface area contributed by atoms with Gasteiger partial charge < -0.3 is 30.6 Å². The predicted molar refractivity (Wildman–Crippen MR) is 291 cm³/mol. The van der Waals surface area contributed by atoms with Gasteiger partial charge in [-0.25, -0.2) is 0 Å². The fourth-order valence-electron chi connectivity index (χ4n) is 7.11. The van der Waals surface area contributed by atoms with E-state index in [0.717, 1.165) is 36.6 Å². The molecule has 0 aliphatic rings. The molecule has 0 saturated carbocycles. The van der Waals surface area contributed by atoms with E-state index in [1.165, 1.54) is 40.3 Å². The molecule has 0 radical (unpaired) electrons. The zero-order valence-electron chi connectivity index (χ0n) is 46.1.